The molecule has 3 aromatic rings. The zero-order valence-electron chi connectivity index (χ0n) is 15.6. The smallest absolute Gasteiger partial charge is 0.364 e. The second-order valence-electron chi connectivity index (χ2n) is 6.36. The minimum atomic E-state index is -0.749. The SMILES string of the molecule is CCCc1nn(Cc2ccccc2)c(C(=O)OCc2ccccc2)c1[N+](=O)[O-]. The molecule has 0 saturated heterocycles. The van der Waals surface area contributed by atoms with E-state index < -0.39 is 10.9 Å². The normalized spacial score (nSPS) is 10.6. The molecule has 1 aromatic heterocycles. The Hall–Kier alpha value is -3.48. The Morgan fingerprint density at radius 2 is 1.68 bits per heavy atom. The van der Waals surface area contributed by atoms with Crippen molar-refractivity contribution in [1.29, 1.82) is 0 Å². The van der Waals surface area contributed by atoms with Gasteiger partial charge in [0.05, 0.1) is 11.5 Å². The number of rotatable bonds is 8. The van der Waals surface area contributed by atoms with Gasteiger partial charge in [-0.25, -0.2) is 9.48 Å². The summed E-state index contributed by atoms with van der Waals surface area (Å²) in [5, 5.41) is 16.1. The van der Waals surface area contributed by atoms with Crippen molar-refractivity contribution >= 4 is 11.7 Å². The Morgan fingerprint density at radius 3 is 2.25 bits per heavy atom. The van der Waals surface area contributed by atoms with Crippen LogP contribution in [0.1, 0.15) is 40.7 Å². The van der Waals surface area contributed by atoms with E-state index in [0.29, 0.717) is 18.5 Å². The number of benzene rings is 2. The van der Waals surface area contributed by atoms with E-state index in [1.54, 1.807) is 0 Å². The van der Waals surface area contributed by atoms with Gasteiger partial charge in [-0.2, -0.15) is 5.10 Å². The molecule has 0 atom stereocenters. The van der Waals surface area contributed by atoms with Crippen LogP contribution in [-0.2, 0) is 24.3 Å². The number of carbonyl (C=O) groups excluding carboxylic acids is 1. The molecule has 7 nitrogen and oxygen atoms in total. The average molecular weight is 379 g/mol. The number of hydrogen-bond acceptors (Lipinski definition) is 5. The maximum absolute atomic E-state index is 12.8. The number of hydrogen-bond donors (Lipinski definition) is 0. The molecule has 0 unspecified atom stereocenters. The van der Waals surface area contributed by atoms with Crippen molar-refractivity contribution in [3.05, 3.63) is 93.3 Å². The van der Waals surface area contributed by atoms with E-state index in [-0.39, 0.29) is 24.5 Å². The molecule has 28 heavy (non-hydrogen) atoms. The molecule has 2 aromatic carbocycles. The van der Waals surface area contributed by atoms with Crippen LogP contribution < -0.4 is 0 Å². The molecule has 0 bridgehead atoms. The third-order valence-corrected chi connectivity index (χ3v) is 4.25. The minimum Gasteiger partial charge on any atom is -0.456 e. The molecular formula is C21H21N3O4. The molecule has 0 aliphatic rings. The lowest BCUT2D eigenvalue weighted by atomic mass is 10.2. The first-order valence-electron chi connectivity index (χ1n) is 9.09. The number of nitrogens with zero attached hydrogens (tertiary/aromatic N) is 3. The summed E-state index contributed by atoms with van der Waals surface area (Å²) < 4.78 is 6.75. The van der Waals surface area contributed by atoms with Crippen molar-refractivity contribution < 1.29 is 14.5 Å². The van der Waals surface area contributed by atoms with Crippen molar-refractivity contribution in [3.63, 3.8) is 0 Å². The van der Waals surface area contributed by atoms with Gasteiger partial charge in [0.25, 0.3) is 0 Å². The van der Waals surface area contributed by atoms with Gasteiger partial charge in [-0.05, 0) is 17.5 Å². The lowest BCUT2D eigenvalue weighted by molar-refractivity contribution is -0.386. The van der Waals surface area contributed by atoms with Crippen molar-refractivity contribution in [2.24, 2.45) is 0 Å². The Morgan fingerprint density at radius 1 is 1.07 bits per heavy atom. The maximum Gasteiger partial charge on any atom is 0.364 e. The zero-order chi connectivity index (χ0) is 19.9. The van der Waals surface area contributed by atoms with Gasteiger partial charge in [0.1, 0.15) is 12.3 Å². The first kappa shape index (κ1) is 19.3. The van der Waals surface area contributed by atoms with Gasteiger partial charge < -0.3 is 4.74 Å². The van der Waals surface area contributed by atoms with E-state index in [1.165, 1.54) is 4.68 Å². The monoisotopic (exact) mass is 379 g/mol. The molecule has 144 valence electrons. The largest absolute Gasteiger partial charge is 0.456 e. The average Bonchev–Trinajstić information content (AvgIpc) is 3.06. The van der Waals surface area contributed by atoms with Gasteiger partial charge in [0.2, 0.25) is 5.69 Å². The molecule has 0 amide bonds. The number of ether oxygens (including phenoxy) is 1. The number of carbonyl (C=O) groups is 1. The Labute approximate surface area is 162 Å². The lowest BCUT2D eigenvalue weighted by Gasteiger charge is -2.08. The van der Waals surface area contributed by atoms with Crippen LogP contribution >= 0.6 is 0 Å². The Bertz CT molecular complexity index is 953. The quantitative estimate of drug-likeness (QED) is 0.333. The number of nitro groups is 1. The lowest BCUT2D eigenvalue weighted by Crippen LogP contribution is -2.15. The Balaban J connectivity index is 1.95. The van der Waals surface area contributed by atoms with Crippen molar-refractivity contribution in [1.82, 2.24) is 9.78 Å². The van der Waals surface area contributed by atoms with E-state index in [1.807, 2.05) is 67.6 Å². The molecule has 0 aliphatic carbocycles. The fourth-order valence-electron chi connectivity index (χ4n) is 2.96. The number of esters is 1. The molecule has 0 fully saturated rings. The van der Waals surface area contributed by atoms with Gasteiger partial charge in [-0.3, -0.25) is 10.1 Å². The van der Waals surface area contributed by atoms with E-state index in [9.17, 15) is 14.9 Å². The summed E-state index contributed by atoms with van der Waals surface area (Å²) in [5.41, 5.74) is 1.61. The molecular weight excluding hydrogens is 358 g/mol. The summed E-state index contributed by atoms with van der Waals surface area (Å²) in [6.07, 6.45) is 1.10. The highest BCUT2D eigenvalue weighted by Gasteiger charge is 2.33. The van der Waals surface area contributed by atoms with Crippen molar-refractivity contribution in [3.8, 4) is 0 Å². The van der Waals surface area contributed by atoms with E-state index in [2.05, 4.69) is 5.10 Å². The summed E-state index contributed by atoms with van der Waals surface area (Å²) in [5.74, 6) is -0.749. The summed E-state index contributed by atoms with van der Waals surface area (Å²) in [7, 11) is 0. The van der Waals surface area contributed by atoms with Crippen LogP contribution in [0.25, 0.3) is 0 Å². The van der Waals surface area contributed by atoms with Crippen LogP contribution in [0.15, 0.2) is 60.7 Å². The van der Waals surface area contributed by atoms with E-state index in [4.69, 9.17) is 4.74 Å². The van der Waals surface area contributed by atoms with E-state index >= 15 is 0 Å². The van der Waals surface area contributed by atoms with Crippen LogP contribution in [0.5, 0.6) is 0 Å². The third kappa shape index (κ3) is 4.43. The van der Waals surface area contributed by atoms with Gasteiger partial charge >= 0.3 is 11.7 Å². The number of aryl methyl sites for hydroxylation is 1. The highest BCUT2D eigenvalue weighted by Crippen LogP contribution is 2.27. The van der Waals surface area contributed by atoms with Gasteiger partial charge in [-0.15, -0.1) is 0 Å². The van der Waals surface area contributed by atoms with Crippen LogP contribution in [0.3, 0.4) is 0 Å². The first-order valence-corrected chi connectivity index (χ1v) is 9.09. The summed E-state index contributed by atoms with van der Waals surface area (Å²) in [4.78, 5) is 23.9. The fourth-order valence-corrected chi connectivity index (χ4v) is 2.96. The van der Waals surface area contributed by atoms with Crippen LogP contribution in [0.2, 0.25) is 0 Å². The minimum absolute atomic E-state index is 0.0382. The summed E-state index contributed by atoms with van der Waals surface area (Å²) in [6, 6.07) is 18.6. The molecule has 7 heteroatoms. The van der Waals surface area contributed by atoms with Gasteiger partial charge in [0, 0.05) is 0 Å². The fraction of sp³-hybridized carbons (Fsp3) is 0.238. The molecule has 0 N–H and O–H groups in total. The summed E-state index contributed by atoms with van der Waals surface area (Å²) >= 11 is 0. The van der Waals surface area contributed by atoms with Gasteiger partial charge in [0.15, 0.2) is 0 Å². The second-order valence-corrected chi connectivity index (χ2v) is 6.36. The van der Waals surface area contributed by atoms with Crippen LogP contribution in [0, 0.1) is 10.1 Å². The molecule has 0 spiro atoms. The zero-order valence-corrected chi connectivity index (χ0v) is 15.6. The predicted molar refractivity (Wildman–Crippen MR) is 104 cm³/mol. The molecule has 1 heterocycles. The third-order valence-electron chi connectivity index (χ3n) is 4.25. The Kier molecular flexibility index (Phi) is 6.16. The second kappa shape index (κ2) is 8.94. The maximum atomic E-state index is 12.8. The van der Waals surface area contributed by atoms with Crippen LogP contribution in [0.4, 0.5) is 5.69 Å². The highest BCUT2D eigenvalue weighted by molar-refractivity contribution is 5.92. The first-order chi connectivity index (χ1) is 13.6. The van der Waals surface area contributed by atoms with E-state index in [0.717, 1.165) is 11.1 Å². The van der Waals surface area contributed by atoms with Gasteiger partial charge in [-0.1, -0.05) is 74.0 Å². The standard InChI is InChI=1S/C21H21N3O4/c1-2-9-18-19(24(26)27)20(21(25)28-15-17-12-7-4-8-13-17)23(22-18)14-16-10-5-3-6-11-16/h3-8,10-13H,2,9,14-15H2,1H3. The molecule has 0 radical (unpaired) electrons. The highest BCUT2D eigenvalue weighted by atomic mass is 16.6. The number of aromatic nitrogens is 2. The van der Waals surface area contributed by atoms with Crippen molar-refractivity contribution in [2.75, 3.05) is 0 Å². The molecule has 0 aliphatic heterocycles. The summed E-state index contributed by atoms with van der Waals surface area (Å²) in [6.45, 7) is 2.20. The molecule has 0 saturated carbocycles. The topological polar surface area (TPSA) is 87.3 Å². The van der Waals surface area contributed by atoms with Crippen molar-refractivity contribution in [2.45, 2.75) is 32.9 Å². The predicted octanol–water partition coefficient (Wildman–Crippen LogP) is 4.15. The van der Waals surface area contributed by atoms with Crippen LogP contribution in [-0.4, -0.2) is 20.7 Å². The molecule has 3 rings (SSSR count).